The molecule has 0 saturated heterocycles. The number of methoxy groups -OCH3 is 1. The molecule has 0 unspecified atom stereocenters. The molecule has 0 aliphatic heterocycles. The van der Waals surface area contributed by atoms with Crippen molar-refractivity contribution in [2.45, 2.75) is 32.8 Å². The number of amides is 1. The molecule has 1 aromatic heterocycles. The lowest BCUT2D eigenvalue weighted by Crippen LogP contribution is -2.41. The van der Waals surface area contributed by atoms with Crippen LogP contribution in [0.1, 0.15) is 27.2 Å². The van der Waals surface area contributed by atoms with Gasteiger partial charge in [0.05, 0.1) is 18.5 Å². The fourth-order valence-electron chi connectivity index (χ4n) is 1.35. The van der Waals surface area contributed by atoms with E-state index in [1.807, 2.05) is 13.8 Å². The molecule has 5 nitrogen and oxygen atoms in total. The van der Waals surface area contributed by atoms with Crippen LogP contribution < -0.4 is 10.1 Å². The summed E-state index contributed by atoms with van der Waals surface area (Å²) >= 11 is 0. The smallest absolute Gasteiger partial charge is 0.256 e. The summed E-state index contributed by atoms with van der Waals surface area (Å²) < 4.78 is 10.5. The summed E-state index contributed by atoms with van der Waals surface area (Å²) in [5.41, 5.74) is -0.196. The molecular formula is C13H20N2O3. The molecule has 0 bridgehead atoms. The molecule has 1 N–H and O–H groups in total. The van der Waals surface area contributed by atoms with Crippen molar-refractivity contribution in [3.63, 3.8) is 0 Å². The maximum Gasteiger partial charge on any atom is 0.256 e. The lowest BCUT2D eigenvalue weighted by molar-refractivity contribution is -0.136. The van der Waals surface area contributed by atoms with Gasteiger partial charge in [0.1, 0.15) is 5.60 Å². The zero-order valence-corrected chi connectivity index (χ0v) is 11.3. The van der Waals surface area contributed by atoms with E-state index in [1.54, 1.807) is 25.3 Å². The first-order valence-corrected chi connectivity index (χ1v) is 6.01. The van der Waals surface area contributed by atoms with Gasteiger partial charge >= 0.3 is 0 Å². The molecule has 100 valence electrons. The Labute approximate surface area is 108 Å². The van der Waals surface area contributed by atoms with Crippen LogP contribution >= 0.6 is 0 Å². The highest BCUT2D eigenvalue weighted by Gasteiger charge is 2.30. The highest BCUT2D eigenvalue weighted by molar-refractivity contribution is 5.96. The number of rotatable bonds is 6. The molecule has 1 rings (SSSR count). The molecule has 0 radical (unpaired) electrons. The first-order chi connectivity index (χ1) is 8.55. The van der Waals surface area contributed by atoms with Gasteiger partial charge in [0.2, 0.25) is 5.88 Å². The lowest BCUT2D eigenvalue weighted by atomic mass is 10.0. The number of pyridine rings is 1. The third-order valence-electron chi connectivity index (χ3n) is 2.89. The molecule has 1 heterocycles. The van der Waals surface area contributed by atoms with Crippen molar-refractivity contribution in [3.8, 4) is 5.88 Å². The second-order valence-corrected chi connectivity index (χ2v) is 4.06. The quantitative estimate of drug-likeness (QED) is 0.843. The Morgan fingerprint density at radius 3 is 2.61 bits per heavy atom. The van der Waals surface area contributed by atoms with Crippen LogP contribution in [-0.4, -0.2) is 30.2 Å². The summed E-state index contributed by atoms with van der Waals surface area (Å²) in [5.74, 6) is 0.360. The van der Waals surface area contributed by atoms with Gasteiger partial charge in [-0.3, -0.25) is 4.79 Å². The maximum absolute atomic E-state index is 12.0. The topological polar surface area (TPSA) is 60.5 Å². The van der Waals surface area contributed by atoms with Crippen molar-refractivity contribution in [3.05, 3.63) is 18.3 Å². The van der Waals surface area contributed by atoms with Gasteiger partial charge in [-0.25, -0.2) is 4.98 Å². The molecule has 5 heteroatoms. The summed E-state index contributed by atoms with van der Waals surface area (Å²) in [6.45, 7) is 6.11. The number of carbonyl (C=O) groups is 1. The minimum Gasteiger partial charge on any atom is -0.478 e. The van der Waals surface area contributed by atoms with Crippen molar-refractivity contribution in [1.29, 1.82) is 0 Å². The van der Waals surface area contributed by atoms with Gasteiger partial charge in [-0.1, -0.05) is 6.92 Å². The zero-order valence-electron chi connectivity index (χ0n) is 11.3. The molecule has 0 aliphatic rings. The Morgan fingerprint density at radius 2 is 2.17 bits per heavy atom. The largest absolute Gasteiger partial charge is 0.478 e. The normalized spacial score (nSPS) is 13.8. The van der Waals surface area contributed by atoms with E-state index in [-0.39, 0.29) is 5.91 Å². The Kier molecular flexibility index (Phi) is 5.09. The number of ether oxygens (including phenoxy) is 2. The molecule has 1 aromatic rings. The van der Waals surface area contributed by atoms with E-state index >= 15 is 0 Å². The third kappa shape index (κ3) is 3.43. The van der Waals surface area contributed by atoms with E-state index in [4.69, 9.17) is 9.47 Å². The number of nitrogens with one attached hydrogen (secondary N) is 1. The standard InChI is InChI=1S/C13H20N2O3/c1-5-13(3,17-4)12(16)15-10-7-8-11(14-9-10)18-6-2/h7-9H,5-6H2,1-4H3,(H,15,16)/t13-/m0/s1. The number of nitrogens with zero attached hydrogens (tertiary/aromatic N) is 1. The summed E-state index contributed by atoms with van der Waals surface area (Å²) in [5, 5.41) is 2.77. The Balaban J connectivity index is 2.70. The molecule has 0 aliphatic carbocycles. The van der Waals surface area contributed by atoms with Crippen LogP contribution in [0.4, 0.5) is 5.69 Å². The number of anilines is 1. The van der Waals surface area contributed by atoms with Gasteiger partial charge in [-0.05, 0) is 26.3 Å². The first kappa shape index (κ1) is 14.4. The molecule has 0 saturated carbocycles. The van der Waals surface area contributed by atoms with Gasteiger partial charge in [-0.15, -0.1) is 0 Å². The highest BCUT2D eigenvalue weighted by Crippen LogP contribution is 2.18. The van der Waals surface area contributed by atoms with Gasteiger partial charge < -0.3 is 14.8 Å². The van der Waals surface area contributed by atoms with E-state index in [0.29, 0.717) is 24.6 Å². The predicted octanol–water partition coefficient (Wildman–Crippen LogP) is 2.23. The van der Waals surface area contributed by atoms with Crippen LogP contribution in [0.25, 0.3) is 0 Å². The van der Waals surface area contributed by atoms with Crippen molar-refractivity contribution in [2.75, 3.05) is 19.0 Å². The Morgan fingerprint density at radius 1 is 1.44 bits per heavy atom. The van der Waals surface area contributed by atoms with E-state index < -0.39 is 5.60 Å². The third-order valence-corrected chi connectivity index (χ3v) is 2.89. The van der Waals surface area contributed by atoms with Crippen LogP contribution in [0.5, 0.6) is 5.88 Å². The summed E-state index contributed by atoms with van der Waals surface area (Å²) in [7, 11) is 1.53. The second-order valence-electron chi connectivity index (χ2n) is 4.06. The number of hydrogen-bond acceptors (Lipinski definition) is 4. The summed E-state index contributed by atoms with van der Waals surface area (Å²) in [6.07, 6.45) is 2.16. The average Bonchev–Trinajstić information content (AvgIpc) is 2.40. The van der Waals surface area contributed by atoms with E-state index in [9.17, 15) is 4.79 Å². The number of carbonyl (C=O) groups excluding carboxylic acids is 1. The van der Waals surface area contributed by atoms with Crippen LogP contribution in [-0.2, 0) is 9.53 Å². The first-order valence-electron chi connectivity index (χ1n) is 6.01. The monoisotopic (exact) mass is 252 g/mol. The van der Waals surface area contributed by atoms with Crippen molar-refractivity contribution < 1.29 is 14.3 Å². The SMILES string of the molecule is CCOc1ccc(NC(=O)[C@](C)(CC)OC)cn1. The molecule has 0 fully saturated rings. The fraction of sp³-hybridized carbons (Fsp3) is 0.538. The number of aromatic nitrogens is 1. The van der Waals surface area contributed by atoms with E-state index in [2.05, 4.69) is 10.3 Å². The van der Waals surface area contributed by atoms with Gasteiger partial charge in [0.15, 0.2) is 0 Å². The Bertz CT molecular complexity index is 386. The molecule has 18 heavy (non-hydrogen) atoms. The van der Waals surface area contributed by atoms with Gasteiger partial charge in [-0.2, -0.15) is 0 Å². The van der Waals surface area contributed by atoms with Gasteiger partial charge in [0.25, 0.3) is 5.91 Å². The van der Waals surface area contributed by atoms with Crippen LogP contribution in [0.2, 0.25) is 0 Å². The van der Waals surface area contributed by atoms with Gasteiger partial charge in [0, 0.05) is 13.2 Å². The lowest BCUT2D eigenvalue weighted by Gasteiger charge is -2.25. The fourth-order valence-corrected chi connectivity index (χ4v) is 1.35. The minimum absolute atomic E-state index is 0.182. The van der Waals surface area contributed by atoms with Crippen LogP contribution in [0, 0.1) is 0 Å². The predicted molar refractivity (Wildman–Crippen MR) is 69.7 cm³/mol. The Hall–Kier alpha value is -1.62. The number of hydrogen-bond donors (Lipinski definition) is 1. The molecule has 1 amide bonds. The summed E-state index contributed by atoms with van der Waals surface area (Å²) in [6, 6.07) is 3.47. The van der Waals surface area contributed by atoms with E-state index in [1.165, 1.54) is 7.11 Å². The minimum atomic E-state index is -0.821. The van der Waals surface area contributed by atoms with Crippen LogP contribution in [0.3, 0.4) is 0 Å². The molecular weight excluding hydrogens is 232 g/mol. The van der Waals surface area contributed by atoms with Crippen molar-refractivity contribution in [1.82, 2.24) is 4.98 Å². The zero-order chi connectivity index (χ0) is 13.6. The highest BCUT2D eigenvalue weighted by atomic mass is 16.5. The average molecular weight is 252 g/mol. The molecule has 0 spiro atoms. The maximum atomic E-state index is 12.0. The second kappa shape index (κ2) is 6.35. The van der Waals surface area contributed by atoms with E-state index in [0.717, 1.165) is 0 Å². The van der Waals surface area contributed by atoms with Crippen molar-refractivity contribution >= 4 is 11.6 Å². The van der Waals surface area contributed by atoms with Crippen molar-refractivity contribution in [2.24, 2.45) is 0 Å². The van der Waals surface area contributed by atoms with Crippen LogP contribution in [0.15, 0.2) is 18.3 Å². The molecule has 1 atom stereocenters. The summed E-state index contributed by atoms with van der Waals surface area (Å²) in [4.78, 5) is 16.1. The molecule has 0 aromatic carbocycles.